The van der Waals surface area contributed by atoms with Crippen LogP contribution in [-0.4, -0.2) is 59.7 Å². The van der Waals surface area contributed by atoms with E-state index in [1.54, 1.807) is 18.6 Å². The van der Waals surface area contributed by atoms with Crippen molar-refractivity contribution in [2.45, 2.75) is 18.9 Å². The van der Waals surface area contributed by atoms with Crippen LogP contribution in [0.2, 0.25) is 0 Å². The summed E-state index contributed by atoms with van der Waals surface area (Å²) >= 11 is 0. The summed E-state index contributed by atoms with van der Waals surface area (Å²) in [5.74, 6) is -0.358. The molecular weight excluding hydrogens is 432 g/mol. The fourth-order valence-corrected chi connectivity index (χ4v) is 4.35. The van der Waals surface area contributed by atoms with Crippen LogP contribution in [0, 0.1) is 0 Å². The molecule has 1 amide bonds. The van der Waals surface area contributed by atoms with Gasteiger partial charge in [0.25, 0.3) is 5.91 Å². The Labute approximate surface area is 197 Å². The summed E-state index contributed by atoms with van der Waals surface area (Å²) in [6, 6.07) is 8.23. The number of rotatable bonds is 5. The number of benzene rings is 1. The summed E-state index contributed by atoms with van der Waals surface area (Å²) in [6.07, 6.45) is 6.83. The van der Waals surface area contributed by atoms with Crippen molar-refractivity contribution in [2.75, 3.05) is 54.1 Å². The number of carbonyl (C=O) groups is 1. The topological polar surface area (TPSA) is 144 Å². The second-order valence-electron chi connectivity index (χ2n) is 8.42. The van der Waals surface area contributed by atoms with Crippen molar-refractivity contribution in [2.24, 2.45) is 5.73 Å². The molecule has 1 unspecified atom stereocenters. The van der Waals surface area contributed by atoms with Crippen LogP contribution in [0.25, 0.3) is 11.3 Å². The zero-order valence-corrected chi connectivity index (χ0v) is 18.8. The highest BCUT2D eigenvalue weighted by molar-refractivity contribution is 6.07. The van der Waals surface area contributed by atoms with Crippen LogP contribution in [0.4, 0.5) is 22.9 Å². The first-order valence-electron chi connectivity index (χ1n) is 11.4. The molecule has 4 heterocycles. The number of nitrogens with one attached hydrogen (secondary N) is 2. The van der Waals surface area contributed by atoms with Crippen molar-refractivity contribution in [3.8, 4) is 11.3 Å². The van der Waals surface area contributed by atoms with Gasteiger partial charge in [0.15, 0.2) is 11.5 Å². The van der Waals surface area contributed by atoms with E-state index < -0.39 is 5.91 Å². The van der Waals surface area contributed by atoms with Crippen molar-refractivity contribution in [1.82, 2.24) is 15.0 Å². The van der Waals surface area contributed by atoms with Crippen LogP contribution in [0.5, 0.6) is 0 Å². The minimum Gasteiger partial charge on any atom is -0.382 e. The first-order valence-corrected chi connectivity index (χ1v) is 11.4. The molecule has 2 aliphatic heterocycles. The highest BCUT2D eigenvalue weighted by Gasteiger charge is 2.21. The number of nitrogen functional groups attached to an aromatic ring is 1. The monoisotopic (exact) mass is 460 g/mol. The van der Waals surface area contributed by atoms with Gasteiger partial charge in [0.05, 0.1) is 42.7 Å². The van der Waals surface area contributed by atoms with Crippen LogP contribution in [0.3, 0.4) is 0 Å². The van der Waals surface area contributed by atoms with Crippen molar-refractivity contribution >= 4 is 28.8 Å². The van der Waals surface area contributed by atoms with Crippen molar-refractivity contribution in [3.05, 3.63) is 54.1 Å². The molecule has 0 bridgehead atoms. The minimum atomic E-state index is -0.431. The Bertz CT molecular complexity index is 1200. The number of anilines is 4. The van der Waals surface area contributed by atoms with Gasteiger partial charge in [0.1, 0.15) is 0 Å². The number of nitrogens with zero attached hydrogens (tertiary/aromatic N) is 4. The Hall–Kier alpha value is -3.76. The molecule has 1 fully saturated rings. The lowest BCUT2D eigenvalue weighted by Crippen LogP contribution is -2.36. The molecule has 2 aliphatic rings. The first-order chi connectivity index (χ1) is 16.6. The molecule has 10 heteroatoms. The van der Waals surface area contributed by atoms with Gasteiger partial charge in [-0.2, -0.15) is 0 Å². The maximum atomic E-state index is 13.2. The SMILES string of the molecule is NCC1CCc2cc(-c3cnc(N)c(C(=O)Nc4cnccc4N4CCOCC4)n3)ccc2N1. The maximum Gasteiger partial charge on any atom is 0.278 e. The number of nitrogens with two attached hydrogens (primary N) is 2. The van der Waals surface area contributed by atoms with E-state index in [1.165, 1.54) is 5.56 Å². The molecule has 2 aromatic heterocycles. The van der Waals surface area contributed by atoms with Gasteiger partial charge >= 0.3 is 0 Å². The van der Waals surface area contributed by atoms with E-state index in [0.29, 0.717) is 37.2 Å². The molecule has 3 aromatic rings. The molecular formula is C24H28N8O2. The van der Waals surface area contributed by atoms with Crippen LogP contribution in [0.15, 0.2) is 42.9 Å². The van der Waals surface area contributed by atoms with E-state index in [-0.39, 0.29) is 11.5 Å². The molecule has 10 nitrogen and oxygen atoms in total. The number of hydrogen-bond acceptors (Lipinski definition) is 9. The zero-order chi connectivity index (χ0) is 23.5. The predicted octanol–water partition coefficient (Wildman–Crippen LogP) is 1.90. The lowest BCUT2D eigenvalue weighted by Gasteiger charge is -2.30. The average molecular weight is 461 g/mol. The van der Waals surface area contributed by atoms with Gasteiger partial charge < -0.3 is 31.7 Å². The molecule has 176 valence electrons. The zero-order valence-electron chi connectivity index (χ0n) is 18.8. The number of aryl methyl sites for hydroxylation is 1. The lowest BCUT2D eigenvalue weighted by molar-refractivity contribution is 0.102. The van der Waals surface area contributed by atoms with E-state index in [0.717, 1.165) is 42.9 Å². The predicted molar refractivity (Wildman–Crippen MR) is 132 cm³/mol. The molecule has 1 saturated heterocycles. The minimum absolute atomic E-state index is 0.0727. The number of morpholine rings is 1. The highest BCUT2D eigenvalue weighted by Crippen LogP contribution is 2.30. The highest BCUT2D eigenvalue weighted by atomic mass is 16.5. The summed E-state index contributed by atoms with van der Waals surface area (Å²) < 4.78 is 5.44. The molecule has 0 aliphatic carbocycles. The van der Waals surface area contributed by atoms with E-state index in [4.69, 9.17) is 16.2 Å². The number of hydrogen-bond donors (Lipinski definition) is 4. The average Bonchev–Trinajstić information content (AvgIpc) is 2.89. The third kappa shape index (κ3) is 4.50. The van der Waals surface area contributed by atoms with E-state index in [9.17, 15) is 4.79 Å². The molecule has 5 rings (SSSR count). The van der Waals surface area contributed by atoms with E-state index in [2.05, 4.69) is 36.6 Å². The number of aromatic nitrogens is 3. The molecule has 34 heavy (non-hydrogen) atoms. The van der Waals surface area contributed by atoms with Crippen molar-refractivity contribution < 1.29 is 9.53 Å². The van der Waals surface area contributed by atoms with Gasteiger partial charge in [-0.1, -0.05) is 6.07 Å². The standard InChI is InChI=1S/C24H28N8O2/c25-12-17-3-1-15-11-16(2-4-18(15)29-17)19-14-28-23(26)22(30-19)24(33)31-20-13-27-6-5-21(20)32-7-9-34-10-8-32/h2,4-6,11,13-14,17,29H,1,3,7-10,12,25H2,(H2,26,28)(H,31,33). The summed E-state index contributed by atoms with van der Waals surface area (Å²) in [5, 5.41) is 6.38. The number of carbonyl (C=O) groups excluding carboxylic acids is 1. The van der Waals surface area contributed by atoms with Crippen LogP contribution in [0.1, 0.15) is 22.5 Å². The number of fused-ring (bicyclic) bond motifs is 1. The van der Waals surface area contributed by atoms with Gasteiger partial charge in [0.2, 0.25) is 0 Å². The van der Waals surface area contributed by atoms with Gasteiger partial charge in [-0.3, -0.25) is 9.78 Å². The first kappa shape index (κ1) is 22.1. The van der Waals surface area contributed by atoms with Crippen LogP contribution < -0.4 is 27.0 Å². The van der Waals surface area contributed by atoms with Crippen LogP contribution in [-0.2, 0) is 11.2 Å². The van der Waals surface area contributed by atoms with Gasteiger partial charge in [0, 0.05) is 43.1 Å². The molecule has 1 atom stereocenters. The van der Waals surface area contributed by atoms with Gasteiger partial charge in [-0.15, -0.1) is 0 Å². The number of ether oxygens (including phenoxy) is 1. The van der Waals surface area contributed by atoms with Gasteiger partial charge in [-0.25, -0.2) is 9.97 Å². The fraction of sp³-hybridized carbons (Fsp3) is 0.333. The smallest absolute Gasteiger partial charge is 0.278 e. The van der Waals surface area contributed by atoms with Crippen LogP contribution >= 0.6 is 0 Å². The van der Waals surface area contributed by atoms with Crippen molar-refractivity contribution in [3.63, 3.8) is 0 Å². The Balaban J connectivity index is 1.39. The third-order valence-corrected chi connectivity index (χ3v) is 6.22. The quantitative estimate of drug-likeness (QED) is 0.448. The molecule has 1 aromatic carbocycles. The molecule has 0 saturated carbocycles. The Kier molecular flexibility index (Phi) is 6.24. The molecule has 6 N–H and O–H groups in total. The third-order valence-electron chi connectivity index (χ3n) is 6.22. The second kappa shape index (κ2) is 9.62. The Morgan fingerprint density at radius 2 is 2.09 bits per heavy atom. The fourth-order valence-electron chi connectivity index (χ4n) is 4.35. The van der Waals surface area contributed by atoms with E-state index >= 15 is 0 Å². The summed E-state index contributed by atoms with van der Waals surface area (Å²) in [7, 11) is 0. The largest absolute Gasteiger partial charge is 0.382 e. The Morgan fingerprint density at radius 1 is 1.24 bits per heavy atom. The summed E-state index contributed by atoms with van der Waals surface area (Å²) in [6.45, 7) is 3.36. The normalized spacial score (nSPS) is 17.6. The van der Waals surface area contributed by atoms with Gasteiger partial charge in [-0.05, 0) is 36.6 Å². The van der Waals surface area contributed by atoms with Crippen molar-refractivity contribution in [1.29, 1.82) is 0 Å². The number of pyridine rings is 1. The summed E-state index contributed by atoms with van der Waals surface area (Å²) in [4.78, 5) is 28.3. The van der Waals surface area contributed by atoms with E-state index in [1.807, 2.05) is 18.2 Å². The molecule has 0 radical (unpaired) electrons. The molecule has 0 spiro atoms. The summed E-state index contributed by atoms with van der Waals surface area (Å²) in [5.41, 5.74) is 17.1. The second-order valence-corrected chi connectivity index (χ2v) is 8.42. The Morgan fingerprint density at radius 3 is 2.91 bits per heavy atom. The lowest BCUT2D eigenvalue weighted by atomic mass is 9.95. The maximum absolute atomic E-state index is 13.2. The number of amides is 1.